The maximum absolute atomic E-state index is 13.7. The minimum Gasteiger partial charge on any atom is -0.266 e. The van der Waals surface area contributed by atoms with E-state index < -0.39 is 34.2 Å². The molecule has 0 aliphatic carbocycles. The van der Waals surface area contributed by atoms with Crippen molar-refractivity contribution in [1.29, 1.82) is 0 Å². The third-order valence-electron chi connectivity index (χ3n) is 2.76. The van der Waals surface area contributed by atoms with Crippen LogP contribution in [0.5, 0.6) is 0 Å². The molecule has 5 nitrogen and oxygen atoms in total. The Bertz CT molecular complexity index is 693. The van der Waals surface area contributed by atoms with Crippen LogP contribution in [0.3, 0.4) is 0 Å². The largest absolute Gasteiger partial charge is 0.266 e. The topological polar surface area (TPSA) is 65.8 Å². The van der Waals surface area contributed by atoms with Crippen molar-refractivity contribution < 1.29 is 32.8 Å². The lowest BCUT2D eigenvalue weighted by Gasteiger charge is -2.04. The number of benzene rings is 1. The number of aromatic nitrogens is 1. The first-order valence-corrected chi connectivity index (χ1v) is 6.73. The van der Waals surface area contributed by atoms with Crippen molar-refractivity contribution in [3.05, 3.63) is 39.9 Å². The van der Waals surface area contributed by atoms with Crippen molar-refractivity contribution >= 4 is 11.3 Å². The second-order valence-electron chi connectivity index (χ2n) is 4.21. The average Bonchev–Trinajstić information content (AvgIpc) is 2.81. The van der Waals surface area contributed by atoms with Crippen LogP contribution >= 0.6 is 11.3 Å². The predicted molar refractivity (Wildman–Crippen MR) is 67.2 cm³/mol. The molecule has 0 aliphatic heterocycles. The lowest BCUT2D eigenvalue weighted by molar-refractivity contribution is -0.492. The summed E-state index contributed by atoms with van der Waals surface area (Å²) in [4.78, 5) is 8.94. The smallest absolute Gasteiger partial charge is 0.198 e. The van der Waals surface area contributed by atoms with Gasteiger partial charge >= 0.3 is 0 Å². The quantitative estimate of drug-likeness (QED) is 0.379. The van der Waals surface area contributed by atoms with Gasteiger partial charge in [0.15, 0.2) is 23.3 Å². The molecule has 2 N–H and O–H groups in total. The van der Waals surface area contributed by atoms with Crippen molar-refractivity contribution in [2.45, 2.75) is 13.3 Å². The van der Waals surface area contributed by atoms with E-state index in [9.17, 15) is 17.6 Å². The zero-order valence-electron chi connectivity index (χ0n) is 11.1. The van der Waals surface area contributed by atoms with Gasteiger partial charge in [-0.3, -0.25) is 15.3 Å². The predicted octanol–water partition coefficient (Wildman–Crippen LogP) is 3.23. The van der Waals surface area contributed by atoms with E-state index in [0.717, 1.165) is 11.3 Å². The normalized spacial score (nSPS) is 11.5. The molecule has 2 rings (SSSR count). The van der Waals surface area contributed by atoms with E-state index in [-0.39, 0.29) is 18.0 Å². The Labute approximate surface area is 125 Å². The Kier molecular flexibility index (Phi) is 5.08. The van der Waals surface area contributed by atoms with Crippen LogP contribution in [0.1, 0.15) is 10.6 Å². The van der Waals surface area contributed by atoms with Gasteiger partial charge in [0.2, 0.25) is 0 Å². The van der Waals surface area contributed by atoms with Crippen LogP contribution < -0.4 is 0 Å². The number of aryl methyl sites for hydroxylation is 1. The summed E-state index contributed by atoms with van der Waals surface area (Å²) in [5, 5.41) is 16.3. The van der Waals surface area contributed by atoms with Gasteiger partial charge < -0.3 is 0 Å². The van der Waals surface area contributed by atoms with Crippen LogP contribution in [0.2, 0.25) is 0 Å². The molecule has 1 heterocycles. The van der Waals surface area contributed by atoms with Crippen molar-refractivity contribution in [3.8, 4) is 10.6 Å². The standard InChI is InChI=1S/C12H10F4N2O3S/c1-5-8(2-3-21-18(19)20)22-12(17-5)6-4-7(13)10(15)11(16)9(6)14/h4,19-20H,2-3H2,1H3. The molecular weight excluding hydrogens is 328 g/mol. The SMILES string of the molecule is Cc1nc(-c2cc(F)c(F)c(F)c2F)sc1CCON(O)O. The summed E-state index contributed by atoms with van der Waals surface area (Å²) in [5.41, 5.74) is -0.0295. The number of thiazole rings is 1. The molecule has 2 aromatic rings. The molecule has 120 valence electrons. The van der Waals surface area contributed by atoms with Crippen LogP contribution in [0, 0.1) is 30.2 Å². The number of hydrogen-bond donors (Lipinski definition) is 2. The van der Waals surface area contributed by atoms with Gasteiger partial charge in [-0.15, -0.1) is 11.3 Å². The van der Waals surface area contributed by atoms with Crippen LogP contribution in [0.4, 0.5) is 17.6 Å². The van der Waals surface area contributed by atoms with Gasteiger partial charge in [0.25, 0.3) is 0 Å². The maximum Gasteiger partial charge on any atom is 0.198 e. The fraction of sp³-hybridized carbons (Fsp3) is 0.250. The monoisotopic (exact) mass is 338 g/mol. The van der Waals surface area contributed by atoms with Gasteiger partial charge in [-0.05, 0) is 13.0 Å². The fourth-order valence-electron chi connectivity index (χ4n) is 1.72. The summed E-state index contributed by atoms with van der Waals surface area (Å²) in [6, 6.07) is 0.537. The highest BCUT2D eigenvalue weighted by Gasteiger charge is 2.22. The van der Waals surface area contributed by atoms with Crippen LogP contribution in [-0.2, 0) is 11.3 Å². The molecule has 0 spiro atoms. The highest BCUT2D eigenvalue weighted by Crippen LogP contribution is 2.32. The number of nitrogens with zero attached hydrogens (tertiary/aromatic N) is 2. The first-order chi connectivity index (χ1) is 10.3. The van der Waals surface area contributed by atoms with Crippen molar-refractivity contribution in [2.75, 3.05) is 6.61 Å². The minimum absolute atomic E-state index is 0.0207. The third-order valence-corrected chi connectivity index (χ3v) is 4.01. The van der Waals surface area contributed by atoms with Crippen LogP contribution in [-0.4, -0.2) is 27.4 Å². The fourth-order valence-corrected chi connectivity index (χ4v) is 2.78. The highest BCUT2D eigenvalue weighted by atomic mass is 32.1. The second kappa shape index (κ2) is 6.67. The molecule has 0 bridgehead atoms. The highest BCUT2D eigenvalue weighted by molar-refractivity contribution is 7.15. The Morgan fingerprint density at radius 3 is 2.50 bits per heavy atom. The van der Waals surface area contributed by atoms with Crippen LogP contribution in [0.15, 0.2) is 6.07 Å². The number of halogens is 4. The Morgan fingerprint density at radius 2 is 1.86 bits per heavy atom. The Balaban J connectivity index is 2.31. The van der Waals surface area contributed by atoms with Gasteiger partial charge in [-0.2, -0.15) is 0 Å². The lowest BCUT2D eigenvalue weighted by Crippen LogP contribution is -2.16. The van der Waals surface area contributed by atoms with E-state index in [4.69, 9.17) is 10.4 Å². The Hall–Kier alpha value is -1.59. The van der Waals surface area contributed by atoms with Crippen molar-refractivity contribution in [3.63, 3.8) is 0 Å². The van der Waals surface area contributed by atoms with E-state index in [1.54, 1.807) is 6.92 Å². The minimum atomic E-state index is -1.90. The summed E-state index contributed by atoms with van der Waals surface area (Å²) >= 11 is 0.933. The van der Waals surface area contributed by atoms with Gasteiger partial charge in [0, 0.05) is 11.3 Å². The zero-order valence-corrected chi connectivity index (χ0v) is 11.9. The van der Waals surface area contributed by atoms with E-state index in [0.29, 0.717) is 16.6 Å². The summed E-state index contributed by atoms with van der Waals surface area (Å²) in [5.74, 6) is -6.81. The molecular formula is C12H10F4N2O3S. The van der Waals surface area contributed by atoms with E-state index in [1.165, 1.54) is 0 Å². The molecule has 0 fully saturated rings. The molecule has 0 amide bonds. The molecule has 0 atom stereocenters. The van der Waals surface area contributed by atoms with Gasteiger partial charge in [-0.25, -0.2) is 22.5 Å². The summed E-state index contributed by atoms with van der Waals surface area (Å²) in [6.45, 7) is 1.48. The average molecular weight is 338 g/mol. The molecule has 22 heavy (non-hydrogen) atoms. The molecule has 10 heteroatoms. The van der Waals surface area contributed by atoms with Crippen LogP contribution in [0.25, 0.3) is 10.6 Å². The van der Waals surface area contributed by atoms with E-state index in [2.05, 4.69) is 9.82 Å². The number of hydrogen-bond acceptors (Lipinski definition) is 6. The zero-order chi connectivity index (χ0) is 16.4. The molecule has 1 aromatic carbocycles. The van der Waals surface area contributed by atoms with E-state index >= 15 is 0 Å². The molecule has 0 unspecified atom stereocenters. The van der Waals surface area contributed by atoms with Gasteiger partial charge in [0.1, 0.15) is 5.01 Å². The summed E-state index contributed by atoms with van der Waals surface area (Å²) in [7, 11) is 0. The van der Waals surface area contributed by atoms with Crippen molar-refractivity contribution in [2.24, 2.45) is 0 Å². The third kappa shape index (κ3) is 3.42. The van der Waals surface area contributed by atoms with Crippen molar-refractivity contribution in [1.82, 2.24) is 10.4 Å². The first kappa shape index (κ1) is 16.8. The molecule has 0 radical (unpaired) electrons. The molecule has 0 saturated heterocycles. The lowest BCUT2D eigenvalue weighted by atomic mass is 10.2. The second-order valence-corrected chi connectivity index (χ2v) is 5.30. The molecule has 0 aliphatic rings. The van der Waals surface area contributed by atoms with E-state index in [1.807, 2.05) is 0 Å². The van der Waals surface area contributed by atoms with Gasteiger partial charge in [0.05, 0.1) is 23.3 Å². The Morgan fingerprint density at radius 1 is 1.18 bits per heavy atom. The van der Waals surface area contributed by atoms with Gasteiger partial charge in [-0.1, -0.05) is 0 Å². The number of rotatable bonds is 5. The molecule has 0 saturated carbocycles. The molecule has 1 aromatic heterocycles. The summed E-state index contributed by atoms with van der Waals surface area (Å²) < 4.78 is 53.1. The summed E-state index contributed by atoms with van der Waals surface area (Å²) in [6.07, 6.45) is 0.203. The first-order valence-electron chi connectivity index (χ1n) is 5.91. The maximum atomic E-state index is 13.7.